The van der Waals surface area contributed by atoms with E-state index in [0.717, 1.165) is 6.54 Å². The highest BCUT2D eigenvalue weighted by Crippen LogP contribution is 2.39. The van der Waals surface area contributed by atoms with Gasteiger partial charge in [0.05, 0.1) is 11.8 Å². The molecule has 0 fully saturated rings. The molecule has 0 saturated carbocycles. The van der Waals surface area contributed by atoms with Crippen LogP contribution in [0, 0.1) is 5.92 Å². The molecule has 3 aromatic rings. The minimum atomic E-state index is 0.288. The van der Waals surface area contributed by atoms with E-state index in [2.05, 4.69) is 91.7 Å². The van der Waals surface area contributed by atoms with Crippen LogP contribution in [0.2, 0.25) is 0 Å². The molecule has 0 aromatic heterocycles. The van der Waals surface area contributed by atoms with Gasteiger partial charge in [-0.2, -0.15) is 5.10 Å². The molecule has 2 heteroatoms. The van der Waals surface area contributed by atoms with Gasteiger partial charge in [-0.3, -0.25) is 5.01 Å². The summed E-state index contributed by atoms with van der Waals surface area (Å²) in [5.41, 5.74) is 3.79. The van der Waals surface area contributed by atoms with E-state index in [1.807, 2.05) is 0 Å². The third kappa shape index (κ3) is 2.39. The van der Waals surface area contributed by atoms with E-state index in [-0.39, 0.29) is 6.04 Å². The van der Waals surface area contributed by atoms with E-state index in [9.17, 15) is 0 Å². The molecule has 1 heterocycles. The predicted octanol–water partition coefficient (Wildman–Crippen LogP) is 5.26. The van der Waals surface area contributed by atoms with Crippen molar-refractivity contribution in [1.82, 2.24) is 5.01 Å². The Hall–Kier alpha value is -2.61. The van der Waals surface area contributed by atoms with Crippen molar-refractivity contribution >= 4 is 16.5 Å². The van der Waals surface area contributed by atoms with Gasteiger partial charge in [-0.25, -0.2) is 0 Å². The van der Waals surface area contributed by atoms with Crippen LogP contribution < -0.4 is 0 Å². The van der Waals surface area contributed by atoms with E-state index in [1.165, 1.54) is 27.6 Å². The van der Waals surface area contributed by atoms with Crippen LogP contribution in [0.5, 0.6) is 0 Å². The van der Waals surface area contributed by atoms with Gasteiger partial charge in [0.15, 0.2) is 0 Å². The number of hydrogen-bond donors (Lipinski definition) is 0. The summed E-state index contributed by atoms with van der Waals surface area (Å²) in [6.07, 6.45) is 0. The van der Waals surface area contributed by atoms with Crippen molar-refractivity contribution in [2.24, 2.45) is 11.0 Å². The van der Waals surface area contributed by atoms with E-state index in [0.29, 0.717) is 5.92 Å². The number of rotatable bonds is 3. The van der Waals surface area contributed by atoms with Crippen LogP contribution in [0.3, 0.4) is 0 Å². The Kier molecular flexibility index (Phi) is 3.81. The Morgan fingerprint density at radius 3 is 2.38 bits per heavy atom. The second kappa shape index (κ2) is 6.12. The van der Waals surface area contributed by atoms with Crippen molar-refractivity contribution in [2.75, 3.05) is 6.54 Å². The van der Waals surface area contributed by atoms with E-state index in [4.69, 9.17) is 5.10 Å². The van der Waals surface area contributed by atoms with Crippen LogP contribution in [0.15, 0.2) is 77.9 Å². The highest BCUT2D eigenvalue weighted by atomic mass is 15.5. The van der Waals surface area contributed by atoms with Gasteiger partial charge >= 0.3 is 0 Å². The summed E-state index contributed by atoms with van der Waals surface area (Å²) in [7, 11) is 0. The zero-order chi connectivity index (χ0) is 16.5. The van der Waals surface area contributed by atoms with Crippen molar-refractivity contribution in [3.8, 4) is 0 Å². The average molecular weight is 314 g/mol. The van der Waals surface area contributed by atoms with E-state index < -0.39 is 0 Å². The molecule has 2 nitrogen and oxygen atoms in total. The van der Waals surface area contributed by atoms with Crippen molar-refractivity contribution in [2.45, 2.75) is 19.9 Å². The molecule has 0 radical (unpaired) electrons. The smallest absolute Gasteiger partial charge is 0.0807 e. The molecule has 0 spiro atoms. The molecule has 120 valence electrons. The number of hydrogen-bond acceptors (Lipinski definition) is 2. The molecule has 0 bridgehead atoms. The maximum Gasteiger partial charge on any atom is 0.0807 e. The maximum atomic E-state index is 4.97. The van der Waals surface area contributed by atoms with Crippen LogP contribution in [0.4, 0.5) is 0 Å². The quantitative estimate of drug-likeness (QED) is 0.644. The summed E-state index contributed by atoms with van der Waals surface area (Å²) in [6.45, 7) is 5.39. The SMILES string of the molecule is CCN1N=C(c2ccccc2)[C@@H](C)[C@@H]1c1cccc2ccccc12. The third-order valence-electron chi connectivity index (χ3n) is 5.00. The molecule has 0 unspecified atom stereocenters. The fourth-order valence-electron chi connectivity index (χ4n) is 3.83. The first-order valence-electron chi connectivity index (χ1n) is 8.68. The zero-order valence-corrected chi connectivity index (χ0v) is 14.2. The number of hydrazone groups is 1. The van der Waals surface area contributed by atoms with Crippen LogP contribution in [0.25, 0.3) is 10.8 Å². The Bertz CT molecular complexity index is 877. The summed E-state index contributed by atoms with van der Waals surface area (Å²) < 4.78 is 0. The van der Waals surface area contributed by atoms with Crippen molar-refractivity contribution in [3.05, 3.63) is 83.9 Å². The predicted molar refractivity (Wildman–Crippen MR) is 101 cm³/mol. The topological polar surface area (TPSA) is 15.6 Å². The average Bonchev–Trinajstić information content (AvgIpc) is 2.98. The highest BCUT2D eigenvalue weighted by Gasteiger charge is 2.35. The molecular weight excluding hydrogens is 292 g/mol. The largest absolute Gasteiger partial charge is 0.289 e. The number of benzene rings is 3. The molecule has 1 aliphatic rings. The van der Waals surface area contributed by atoms with Crippen LogP contribution in [-0.2, 0) is 0 Å². The van der Waals surface area contributed by atoms with Gasteiger partial charge in [-0.15, -0.1) is 0 Å². The van der Waals surface area contributed by atoms with Crippen molar-refractivity contribution in [3.63, 3.8) is 0 Å². The molecule has 0 saturated heterocycles. The number of nitrogens with zero attached hydrogens (tertiary/aromatic N) is 2. The fourth-order valence-corrected chi connectivity index (χ4v) is 3.83. The van der Waals surface area contributed by atoms with E-state index >= 15 is 0 Å². The summed E-state index contributed by atoms with van der Waals surface area (Å²) >= 11 is 0. The highest BCUT2D eigenvalue weighted by molar-refractivity contribution is 6.03. The van der Waals surface area contributed by atoms with Gasteiger partial charge in [-0.1, -0.05) is 79.7 Å². The normalized spacial score (nSPS) is 20.4. The third-order valence-corrected chi connectivity index (χ3v) is 5.00. The van der Waals surface area contributed by atoms with Crippen molar-refractivity contribution < 1.29 is 0 Å². The van der Waals surface area contributed by atoms with Gasteiger partial charge in [0.25, 0.3) is 0 Å². The lowest BCUT2D eigenvalue weighted by atomic mass is 9.86. The van der Waals surface area contributed by atoms with Gasteiger partial charge in [-0.05, 0) is 28.8 Å². The molecule has 0 N–H and O–H groups in total. The number of fused-ring (bicyclic) bond motifs is 1. The van der Waals surface area contributed by atoms with Crippen LogP contribution >= 0.6 is 0 Å². The van der Waals surface area contributed by atoms with Gasteiger partial charge < -0.3 is 0 Å². The summed E-state index contributed by atoms with van der Waals surface area (Å²) in [4.78, 5) is 0. The first kappa shape index (κ1) is 14.9. The Morgan fingerprint density at radius 1 is 0.875 bits per heavy atom. The summed E-state index contributed by atoms with van der Waals surface area (Å²) in [5.74, 6) is 0.359. The van der Waals surface area contributed by atoms with E-state index in [1.54, 1.807) is 0 Å². The summed E-state index contributed by atoms with van der Waals surface area (Å²) in [5, 5.41) is 9.85. The Morgan fingerprint density at radius 2 is 1.58 bits per heavy atom. The van der Waals surface area contributed by atoms with Crippen LogP contribution in [0.1, 0.15) is 31.0 Å². The summed E-state index contributed by atoms with van der Waals surface area (Å²) in [6, 6.07) is 26.1. The second-order valence-electron chi connectivity index (χ2n) is 6.41. The minimum Gasteiger partial charge on any atom is -0.289 e. The van der Waals surface area contributed by atoms with Gasteiger partial charge in [0.2, 0.25) is 0 Å². The molecule has 2 atom stereocenters. The monoisotopic (exact) mass is 314 g/mol. The standard InChI is InChI=1S/C22H22N2/c1-3-24-22(16(2)21(23-24)18-11-5-4-6-12-18)20-15-9-13-17-10-7-8-14-19(17)20/h4-16,22H,3H2,1-2H3/t16-,22-/m1/s1. The second-order valence-corrected chi connectivity index (χ2v) is 6.41. The molecule has 4 rings (SSSR count). The zero-order valence-electron chi connectivity index (χ0n) is 14.2. The first-order valence-corrected chi connectivity index (χ1v) is 8.68. The minimum absolute atomic E-state index is 0.288. The molecule has 1 aliphatic heterocycles. The first-order chi connectivity index (χ1) is 11.8. The molecule has 24 heavy (non-hydrogen) atoms. The molecule has 0 amide bonds. The fraction of sp³-hybridized carbons (Fsp3) is 0.227. The lowest BCUT2D eigenvalue weighted by molar-refractivity contribution is 0.220. The Balaban J connectivity index is 1.81. The molecular formula is C22H22N2. The van der Waals surface area contributed by atoms with Crippen LogP contribution in [-0.4, -0.2) is 17.3 Å². The Labute approximate surface area is 143 Å². The molecule has 0 aliphatic carbocycles. The maximum absolute atomic E-state index is 4.97. The van der Waals surface area contributed by atoms with Crippen molar-refractivity contribution in [1.29, 1.82) is 0 Å². The molecule has 3 aromatic carbocycles. The van der Waals surface area contributed by atoms with Gasteiger partial charge in [0.1, 0.15) is 0 Å². The lowest BCUT2D eigenvalue weighted by Crippen LogP contribution is -2.24. The lowest BCUT2D eigenvalue weighted by Gasteiger charge is -2.27. The van der Waals surface area contributed by atoms with Gasteiger partial charge in [0, 0.05) is 12.5 Å².